The van der Waals surface area contributed by atoms with Crippen LogP contribution in [0.4, 0.5) is 4.79 Å². The zero-order valence-corrected chi connectivity index (χ0v) is 20.6. The van der Waals surface area contributed by atoms with Crippen LogP contribution in [0.15, 0.2) is 48.5 Å². The Kier molecular flexibility index (Phi) is 5.70. The summed E-state index contributed by atoms with van der Waals surface area (Å²) in [5, 5.41) is 2.77. The van der Waals surface area contributed by atoms with E-state index in [0.29, 0.717) is 28.5 Å². The summed E-state index contributed by atoms with van der Waals surface area (Å²) in [5.41, 5.74) is 2.43. The van der Waals surface area contributed by atoms with Crippen LogP contribution >= 0.6 is 0 Å². The topological polar surface area (TPSA) is 99.1 Å². The molecule has 0 radical (unpaired) electrons. The first-order chi connectivity index (χ1) is 17.2. The first kappa shape index (κ1) is 23.5. The molecule has 1 saturated heterocycles. The van der Waals surface area contributed by atoms with Crippen molar-refractivity contribution in [2.24, 2.45) is 0 Å². The van der Waals surface area contributed by atoms with E-state index in [4.69, 9.17) is 14.2 Å². The third kappa shape index (κ3) is 3.86. The van der Waals surface area contributed by atoms with E-state index in [1.54, 1.807) is 26.2 Å². The number of nitrogens with zero attached hydrogens (tertiary/aromatic N) is 2. The number of urea groups is 1. The lowest BCUT2D eigenvalue weighted by molar-refractivity contribution is -0.130. The predicted molar refractivity (Wildman–Crippen MR) is 131 cm³/mol. The van der Waals surface area contributed by atoms with Gasteiger partial charge in [-0.05, 0) is 50.6 Å². The Hall–Kier alpha value is -4.27. The number of para-hydroxylation sites is 1. The van der Waals surface area contributed by atoms with Crippen LogP contribution in [0.5, 0.6) is 17.2 Å². The zero-order valence-electron chi connectivity index (χ0n) is 20.6. The number of rotatable bonds is 7. The minimum atomic E-state index is -1.19. The van der Waals surface area contributed by atoms with Gasteiger partial charge < -0.3 is 24.1 Å². The number of nitrogens with one attached hydrogen (secondary N) is 1. The lowest BCUT2D eigenvalue weighted by Crippen LogP contribution is -2.46. The fraction of sp³-hybridized carbons (Fsp3) is 0.296. The van der Waals surface area contributed by atoms with Gasteiger partial charge in [-0.2, -0.15) is 0 Å². The van der Waals surface area contributed by atoms with Gasteiger partial charge in [0.15, 0.2) is 17.3 Å². The van der Waals surface area contributed by atoms with Crippen LogP contribution in [-0.4, -0.2) is 53.2 Å². The SMILES string of the molecule is COc1ccccc1C[C@]1(C)NC(=O)N(CC(=O)c2cc(C)n(-c3ccc4c(c3)OCO4)c2C)C1=O. The Bertz CT molecular complexity index is 1390. The number of ether oxygens (including phenoxy) is 3. The average molecular weight is 490 g/mol. The lowest BCUT2D eigenvalue weighted by atomic mass is 9.92. The summed E-state index contributed by atoms with van der Waals surface area (Å²) < 4.78 is 18.2. The Morgan fingerprint density at radius 2 is 1.83 bits per heavy atom. The number of hydrogen-bond acceptors (Lipinski definition) is 6. The van der Waals surface area contributed by atoms with Crippen molar-refractivity contribution in [2.45, 2.75) is 32.7 Å². The van der Waals surface area contributed by atoms with Crippen molar-refractivity contribution in [1.82, 2.24) is 14.8 Å². The number of amides is 3. The second-order valence-corrected chi connectivity index (χ2v) is 9.22. The van der Waals surface area contributed by atoms with E-state index in [0.717, 1.165) is 21.8 Å². The molecule has 1 N–H and O–H groups in total. The molecule has 0 spiro atoms. The quantitative estimate of drug-likeness (QED) is 0.403. The van der Waals surface area contributed by atoms with Crippen LogP contribution in [0.3, 0.4) is 0 Å². The highest BCUT2D eigenvalue weighted by Gasteiger charge is 2.48. The number of ketones is 1. The largest absolute Gasteiger partial charge is 0.496 e. The second kappa shape index (κ2) is 8.75. The van der Waals surface area contributed by atoms with Gasteiger partial charge in [-0.25, -0.2) is 4.79 Å². The molecule has 2 aromatic carbocycles. The molecule has 36 heavy (non-hydrogen) atoms. The molecule has 0 aliphatic carbocycles. The van der Waals surface area contributed by atoms with Crippen molar-refractivity contribution in [1.29, 1.82) is 0 Å². The molecule has 5 rings (SSSR count). The van der Waals surface area contributed by atoms with Gasteiger partial charge in [-0.15, -0.1) is 0 Å². The van der Waals surface area contributed by atoms with Crippen LogP contribution in [-0.2, 0) is 11.2 Å². The molecule has 0 saturated carbocycles. The molecular weight excluding hydrogens is 462 g/mol. The monoisotopic (exact) mass is 489 g/mol. The molecule has 1 atom stereocenters. The number of carbonyl (C=O) groups excluding carboxylic acids is 3. The molecule has 3 amide bonds. The molecule has 2 aliphatic rings. The van der Waals surface area contributed by atoms with Crippen molar-refractivity contribution < 1.29 is 28.6 Å². The van der Waals surface area contributed by atoms with Crippen LogP contribution in [0.25, 0.3) is 5.69 Å². The molecule has 9 nitrogen and oxygen atoms in total. The summed E-state index contributed by atoms with van der Waals surface area (Å²) in [5.74, 6) is 1.18. The van der Waals surface area contributed by atoms with E-state index < -0.39 is 17.5 Å². The van der Waals surface area contributed by atoms with Crippen LogP contribution in [0.2, 0.25) is 0 Å². The van der Waals surface area contributed by atoms with E-state index in [1.165, 1.54) is 0 Å². The van der Waals surface area contributed by atoms with Gasteiger partial charge in [-0.3, -0.25) is 14.5 Å². The van der Waals surface area contributed by atoms with E-state index in [1.807, 2.05) is 54.8 Å². The maximum atomic E-state index is 13.3. The minimum Gasteiger partial charge on any atom is -0.496 e. The first-order valence-corrected chi connectivity index (χ1v) is 11.6. The van der Waals surface area contributed by atoms with Crippen LogP contribution < -0.4 is 19.5 Å². The summed E-state index contributed by atoms with van der Waals surface area (Å²) >= 11 is 0. The fourth-order valence-electron chi connectivity index (χ4n) is 4.94. The first-order valence-electron chi connectivity index (χ1n) is 11.6. The molecule has 9 heteroatoms. The molecule has 2 aliphatic heterocycles. The van der Waals surface area contributed by atoms with Gasteiger partial charge in [0.25, 0.3) is 5.91 Å². The number of Topliss-reactive ketones (excluding diaryl/α,β-unsaturated/α-hetero) is 1. The van der Waals surface area contributed by atoms with Crippen LogP contribution in [0, 0.1) is 13.8 Å². The standard InChI is InChI=1S/C27H27N3O6/c1-16-11-20(17(2)30(16)19-9-10-23-24(12-19)36-15-35-23)21(31)14-29-25(32)27(3,28-26(29)33)13-18-7-5-6-8-22(18)34-4/h5-12H,13-15H2,1-4H3,(H,28,33)/t27-/m0/s1. The lowest BCUT2D eigenvalue weighted by Gasteiger charge is -2.22. The molecule has 0 unspecified atom stereocenters. The molecule has 1 fully saturated rings. The van der Waals surface area contributed by atoms with Crippen molar-refractivity contribution in [3.8, 4) is 22.9 Å². The summed E-state index contributed by atoms with van der Waals surface area (Å²) in [4.78, 5) is 40.4. The highest BCUT2D eigenvalue weighted by Crippen LogP contribution is 2.35. The fourth-order valence-corrected chi connectivity index (χ4v) is 4.94. The molecular formula is C27H27N3O6. The summed E-state index contributed by atoms with van der Waals surface area (Å²) in [7, 11) is 1.56. The number of aryl methyl sites for hydroxylation is 1. The Balaban J connectivity index is 1.37. The third-order valence-electron chi connectivity index (χ3n) is 6.73. The number of methoxy groups -OCH3 is 1. The van der Waals surface area contributed by atoms with E-state index in [2.05, 4.69) is 5.32 Å². The average Bonchev–Trinajstić information content (AvgIpc) is 3.50. The molecule has 3 aromatic rings. The third-order valence-corrected chi connectivity index (χ3v) is 6.73. The second-order valence-electron chi connectivity index (χ2n) is 9.22. The highest BCUT2D eigenvalue weighted by molar-refractivity contribution is 6.11. The normalized spacial score (nSPS) is 18.5. The van der Waals surface area contributed by atoms with Crippen molar-refractivity contribution in [3.05, 3.63) is 71.0 Å². The van der Waals surface area contributed by atoms with Crippen molar-refractivity contribution >= 4 is 17.7 Å². The molecule has 1 aromatic heterocycles. The Labute approximate surface area is 208 Å². The van der Waals surface area contributed by atoms with Gasteiger partial charge in [-0.1, -0.05) is 18.2 Å². The number of aromatic nitrogens is 1. The van der Waals surface area contributed by atoms with Crippen molar-refractivity contribution in [2.75, 3.05) is 20.4 Å². The van der Waals surface area contributed by atoms with E-state index in [9.17, 15) is 14.4 Å². The van der Waals surface area contributed by atoms with Gasteiger partial charge in [0.1, 0.15) is 11.3 Å². The smallest absolute Gasteiger partial charge is 0.325 e. The zero-order chi connectivity index (χ0) is 25.6. The maximum absolute atomic E-state index is 13.3. The number of carbonyl (C=O) groups is 3. The van der Waals surface area contributed by atoms with E-state index in [-0.39, 0.29) is 25.5 Å². The predicted octanol–water partition coefficient (Wildman–Crippen LogP) is 3.57. The van der Waals surface area contributed by atoms with E-state index >= 15 is 0 Å². The number of fused-ring (bicyclic) bond motifs is 1. The van der Waals surface area contributed by atoms with Gasteiger partial charge >= 0.3 is 6.03 Å². The number of benzene rings is 2. The van der Waals surface area contributed by atoms with Gasteiger partial charge in [0.05, 0.1) is 13.7 Å². The molecule has 0 bridgehead atoms. The number of hydrogen-bond donors (Lipinski definition) is 1. The Morgan fingerprint density at radius 1 is 1.08 bits per heavy atom. The minimum absolute atomic E-state index is 0.175. The van der Waals surface area contributed by atoms with Crippen LogP contribution in [0.1, 0.15) is 34.2 Å². The molecule has 3 heterocycles. The summed E-state index contributed by atoms with van der Waals surface area (Å²) in [6.07, 6.45) is 0.241. The summed E-state index contributed by atoms with van der Waals surface area (Å²) in [6, 6.07) is 14.1. The van der Waals surface area contributed by atoms with Gasteiger partial charge in [0, 0.05) is 35.1 Å². The molecule has 186 valence electrons. The number of imide groups is 1. The van der Waals surface area contributed by atoms with Crippen molar-refractivity contribution in [3.63, 3.8) is 0 Å². The Morgan fingerprint density at radius 3 is 2.61 bits per heavy atom. The van der Waals surface area contributed by atoms with Gasteiger partial charge in [0.2, 0.25) is 6.79 Å². The highest BCUT2D eigenvalue weighted by atomic mass is 16.7. The maximum Gasteiger partial charge on any atom is 0.325 e. The summed E-state index contributed by atoms with van der Waals surface area (Å²) in [6.45, 7) is 5.22.